The van der Waals surface area contributed by atoms with Crippen LogP contribution in [0.5, 0.6) is 0 Å². The molecule has 1 fully saturated rings. The molecular weight excluding hydrogens is 401 g/mol. The molecule has 0 bridgehead atoms. The number of hydrogen-bond donors (Lipinski definition) is 4. The summed E-state index contributed by atoms with van der Waals surface area (Å²) in [6, 6.07) is 0. The number of nitrogen functional groups attached to an aromatic ring is 1. The number of nitrogens with two attached hydrogens (primary N) is 1. The summed E-state index contributed by atoms with van der Waals surface area (Å²) >= 11 is 0. The lowest BCUT2D eigenvalue weighted by molar-refractivity contribution is -0.894. The number of aliphatic hydroxyl groups excluding tert-OH is 2. The van der Waals surface area contributed by atoms with Crippen LogP contribution in [0.15, 0.2) is 12.7 Å². The van der Waals surface area contributed by atoms with E-state index in [1.807, 2.05) is 13.8 Å². The fourth-order valence-corrected chi connectivity index (χ4v) is 4.66. The number of aromatic nitrogens is 4. The Labute approximate surface area is 168 Å². The summed E-state index contributed by atoms with van der Waals surface area (Å²) in [7, 11) is -2.19. The highest BCUT2D eigenvalue weighted by Crippen LogP contribution is 2.42. The zero-order valence-corrected chi connectivity index (χ0v) is 17.7. The second-order valence-corrected chi connectivity index (χ2v) is 8.92. The normalized spacial score (nSPS) is 26.2. The number of aliphatic hydroxyl groups is 2. The van der Waals surface area contributed by atoms with Gasteiger partial charge in [-0.25, -0.2) is 4.98 Å². The molecule has 12 heteroatoms. The minimum atomic E-state index is -2.19. The van der Waals surface area contributed by atoms with Gasteiger partial charge in [-0.05, 0) is 12.8 Å². The molecule has 2 aromatic heterocycles. The minimum absolute atomic E-state index is 0.00703. The second-order valence-electron chi connectivity index (χ2n) is 7.27. The van der Waals surface area contributed by atoms with Crippen LogP contribution >= 0.6 is 8.03 Å². The highest BCUT2D eigenvalue weighted by atomic mass is 31.1. The number of anilines is 1. The molecule has 5 N–H and O–H groups in total. The lowest BCUT2D eigenvalue weighted by atomic mass is 9.88. The lowest BCUT2D eigenvalue weighted by Crippen LogP contribution is -2.39. The topological polar surface area (TPSA) is 157 Å². The van der Waals surface area contributed by atoms with Gasteiger partial charge in [0, 0.05) is 12.6 Å². The van der Waals surface area contributed by atoms with Gasteiger partial charge in [-0.2, -0.15) is 0 Å². The maximum Gasteiger partial charge on any atom is 0.289 e. The Kier molecular flexibility index (Phi) is 6.45. The summed E-state index contributed by atoms with van der Waals surface area (Å²) < 4.78 is 26.0. The van der Waals surface area contributed by atoms with E-state index in [1.54, 1.807) is 6.92 Å². The third-order valence-electron chi connectivity index (χ3n) is 5.64. The highest BCUT2D eigenvalue weighted by Gasteiger charge is 2.48. The van der Waals surface area contributed by atoms with Gasteiger partial charge < -0.3 is 30.4 Å². The maximum absolute atomic E-state index is 12.1. The van der Waals surface area contributed by atoms with Crippen molar-refractivity contribution in [3.8, 4) is 0 Å². The van der Waals surface area contributed by atoms with Gasteiger partial charge in [0.1, 0.15) is 18.5 Å². The van der Waals surface area contributed by atoms with Gasteiger partial charge in [-0.15, -0.1) is 0 Å². The average Bonchev–Trinajstić information content (AvgIpc) is 3.26. The van der Waals surface area contributed by atoms with E-state index in [0.29, 0.717) is 29.4 Å². The Morgan fingerprint density at radius 3 is 2.62 bits per heavy atom. The Morgan fingerprint density at radius 1 is 1.31 bits per heavy atom. The predicted octanol–water partition coefficient (Wildman–Crippen LogP) is 0.618. The third kappa shape index (κ3) is 3.97. The Bertz CT molecular complexity index is 889. The van der Waals surface area contributed by atoms with Crippen LogP contribution in [0.4, 0.5) is 5.82 Å². The van der Waals surface area contributed by atoms with Crippen molar-refractivity contribution in [3.05, 3.63) is 12.7 Å². The van der Waals surface area contributed by atoms with Crippen molar-refractivity contribution in [3.63, 3.8) is 0 Å². The van der Waals surface area contributed by atoms with Gasteiger partial charge in [0.05, 0.1) is 11.7 Å². The first-order valence-corrected chi connectivity index (χ1v) is 11.2. The number of ether oxygens (including phenoxy) is 1. The largest absolute Gasteiger partial charge is 0.388 e. The molecule has 2 aromatic rings. The van der Waals surface area contributed by atoms with Crippen LogP contribution in [-0.2, 0) is 13.8 Å². The first-order valence-electron chi connectivity index (χ1n) is 9.72. The van der Waals surface area contributed by atoms with Gasteiger partial charge in [-0.1, -0.05) is 30.5 Å². The van der Waals surface area contributed by atoms with Crippen molar-refractivity contribution >= 4 is 25.0 Å². The van der Waals surface area contributed by atoms with Gasteiger partial charge in [-0.3, -0.25) is 9.13 Å². The molecule has 1 aliphatic heterocycles. The second kappa shape index (κ2) is 8.53. The molecule has 11 nitrogen and oxygen atoms in total. The van der Waals surface area contributed by atoms with Crippen LogP contribution in [0.25, 0.3) is 11.2 Å². The first-order chi connectivity index (χ1) is 13.8. The van der Waals surface area contributed by atoms with Gasteiger partial charge in [0.25, 0.3) is 12.1 Å². The van der Waals surface area contributed by atoms with E-state index in [-0.39, 0.29) is 17.8 Å². The number of rotatable bonds is 8. The Hall–Kier alpha value is -1.78. The molecule has 2 unspecified atom stereocenters. The molecule has 3 heterocycles. The van der Waals surface area contributed by atoms with E-state index >= 15 is 0 Å². The molecule has 0 spiro atoms. The molecule has 0 aromatic carbocycles. The molecular formula is C17H29N5O6P+. The van der Waals surface area contributed by atoms with E-state index in [0.717, 1.165) is 6.33 Å². The zero-order valence-electron chi connectivity index (χ0n) is 16.7. The zero-order chi connectivity index (χ0) is 21.3. The standard InChI is InChI=1S/C17H28N5O6P/c1-4-17(5-2,28-29(26)6-3)7-10-12(23)13(24)16(27-10)21-8-19-11-14(18)22(25)9-20-15(11)21/h8-10,12-13,16,18,23-25,29H,4-7H2,1-3H3/p+1/t10-,12-,13-,16?/m1/s1. The van der Waals surface area contributed by atoms with Crippen LogP contribution in [0.3, 0.4) is 0 Å². The van der Waals surface area contributed by atoms with Crippen LogP contribution in [0.2, 0.25) is 0 Å². The molecule has 162 valence electrons. The number of fused-ring (bicyclic) bond motifs is 1. The molecule has 0 radical (unpaired) electrons. The summed E-state index contributed by atoms with van der Waals surface area (Å²) in [6.45, 7) is 5.67. The van der Waals surface area contributed by atoms with Crippen molar-refractivity contribution in [1.29, 1.82) is 0 Å². The number of nitrogens with zero attached hydrogens (tertiary/aromatic N) is 4. The predicted molar refractivity (Wildman–Crippen MR) is 104 cm³/mol. The molecule has 5 atom stereocenters. The SMILES string of the molecule is CC[PH](=O)OC(CC)(CC)C[C@H]1OC(n2cnc3c(N)[n+](O)cnc32)[C@H](O)[C@@H]1O. The molecule has 0 amide bonds. The average molecular weight is 430 g/mol. The van der Waals surface area contributed by atoms with Gasteiger partial charge in [0.15, 0.2) is 14.3 Å². The summed E-state index contributed by atoms with van der Waals surface area (Å²) in [5.74, 6) is -0.00703. The first kappa shape index (κ1) is 21.9. The van der Waals surface area contributed by atoms with Crippen molar-refractivity contribution in [2.24, 2.45) is 0 Å². The van der Waals surface area contributed by atoms with Crippen LogP contribution < -0.4 is 10.5 Å². The van der Waals surface area contributed by atoms with Crippen molar-refractivity contribution in [2.45, 2.75) is 70.2 Å². The molecule has 1 aliphatic rings. The maximum atomic E-state index is 12.1. The minimum Gasteiger partial charge on any atom is -0.388 e. The Morgan fingerprint density at radius 2 is 2.00 bits per heavy atom. The molecule has 29 heavy (non-hydrogen) atoms. The van der Waals surface area contributed by atoms with Gasteiger partial charge in [0.2, 0.25) is 11.2 Å². The Balaban J connectivity index is 1.87. The van der Waals surface area contributed by atoms with Crippen molar-refractivity contribution in [2.75, 3.05) is 11.9 Å². The number of imidazole rings is 1. The molecule has 0 aliphatic carbocycles. The van der Waals surface area contributed by atoms with Crippen LogP contribution in [-0.4, -0.2) is 60.0 Å². The molecule has 1 saturated heterocycles. The fourth-order valence-electron chi connectivity index (χ4n) is 3.66. The van der Waals surface area contributed by atoms with E-state index in [2.05, 4.69) is 9.97 Å². The van der Waals surface area contributed by atoms with Crippen molar-refractivity contribution < 1.29 is 34.0 Å². The van der Waals surface area contributed by atoms with Crippen molar-refractivity contribution in [1.82, 2.24) is 14.5 Å². The van der Waals surface area contributed by atoms with E-state index < -0.39 is 38.2 Å². The molecule has 0 saturated carbocycles. The van der Waals surface area contributed by atoms with E-state index in [1.165, 1.54) is 10.9 Å². The summed E-state index contributed by atoms with van der Waals surface area (Å²) in [5.41, 5.74) is 5.63. The lowest BCUT2D eigenvalue weighted by Gasteiger charge is -2.34. The monoisotopic (exact) mass is 430 g/mol. The van der Waals surface area contributed by atoms with Crippen LogP contribution in [0, 0.1) is 0 Å². The quantitative estimate of drug-likeness (QED) is 0.268. The third-order valence-corrected chi connectivity index (χ3v) is 6.88. The summed E-state index contributed by atoms with van der Waals surface area (Å²) in [6.07, 6.45) is 0.304. The summed E-state index contributed by atoms with van der Waals surface area (Å²) in [5, 5.41) is 30.9. The summed E-state index contributed by atoms with van der Waals surface area (Å²) in [4.78, 5) is 8.21. The van der Waals surface area contributed by atoms with E-state index in [9.17, 15) is 20.0 Å². The molecule has 3 rings (SSSR count). The van der Waals surface area contributed by atoms with Crippen LogP contribution in [0.1, 0.15) is 46.3 Å². The van der Waals surface area contributed by atoms with Gasteiger partial charge >= 0.3 is 0 Å². The number of hydrogen-bond acceptors (Lipinski definition) is 9. The highest BCUT2D eigenvalue weighted by molar-refractivity contribution is 7.39. The fraction of sp³-hybridized carbons (Fsp3) is 0.706. The smallest absolute Gasteiger partial charge is 0.289 e. The van der Waals surface area contributed by atoms with E-state index in [4.69, 9.17) is 15.0 Å².